The van der Waals surface area contributed by atoms with Gasteiger partial charge in [-0.3, -0.25) is 0 Å². The summed E-state index contributed by atoms with van der Waals surface area (Å²) in [5, 5.41) is 1.02. The molecule has 0 saturated heterocycles. The van der Waals surface area contributed by atoms with Crippen LogP contribution >= 0.6 is 46.4 Å². The Morgan fingerprint density at radius 2 is 1.45 bits per heavy atom. The zero-order chi connectivity index (χ0) is 15.1. The van der Waals surface area contributed by atoms with Crippen molar-refractivity contribution in [3.8, 4) is 11.1 Å². The van der Waals surface area contributed by atoms with Gasteiger partial charge in [-0.05, 0) is 18.2 Å². The molecule has 0 aliphatic heterocycles. The molecular weight excluding hydrogens is 362 g/mol. The van der Waals surface area contributed by atoms with Gasteiger partial charge in [0.05, 0.1) is 14.9 Å². The molecule has 0 aromatic heterocycles. The van der Waals surface area contributed by atoms with Crippen LogP contribution in [0.15, 0.2) is 35.2 Å². The summed E-state index contributed by atoms with van der Waals surface area (Å²) in [5.74, 6) is 0. The lowest BCUT2D eigenvalue weighted by molar-refractivity contribution is 0.602. The molecule has 0 N–H and O–H groups in total. The molecule has 0 fully saturated rings. The Labute approximate surface area is 137 Å². The van der Waals surface area contributed by atoms with Crippen molar-refractivity contribution in [2.75, 3.05) is 6.26 Å². The molecule has 0 bridgehead atoms. The summed E-state index contributed by atoms with van der Waals surface area (Å²) < 4.78 is 23.2. The van der Waals surface area contributed by atoms with Crippen LogP contribution in [-0.4, -0.2) is 14.7 Å². The number of hydrogen-bond donors (Lipinski definition) is 0. The summed E-state index contributed by atoms with van der Waals surface area (Å²) in [5.41, 5.74) is 1.17. The zero-order valence-corrected chi connectivity index (χ0v) is 14.0. The van der Waals surface area contributed by atoms with Gasteiger partial charge < -0.3 is 0 Å². The first-order chi connectivity index (χ1) is 9.21. The Hall–Kier alpha value is -0.450. The third kappa shape index (κ3) is 3.07. The van der Waals surface area contributed by atoms with Crippen molar-refractivity contribution >= 4 is 56.2 Å². The smallest absolute Gasteiger partial charge is 0.177 e. The molecule has 0 radical (unpaired) electrons. The monoisotopic (exact) mass is 368 g/mol. The topological polar surface area (TPSA) is 34.1 Å². The maximum atomic E-state index is 11.6. The van der Waals surface area contributed by atoms with Crippen LogP contribution in [0.2, 0.25) is 20.1 Å². The van der Waals surface area contributed by atoms with Crippen molar-refractivity contribution in [1.82, 2.24) is 0 Å². The molecule has 0 spiro atoms. The summed E-state index contributed by atoms with van der Waals surface area (Å²) >= 11 is 24.2. The van der Waals surface area contributed by atoms with Crippen LogP contribution in [0.25, 0.3) is 11.1 Å². The normalized spacial score (nSPS) is 11.7. The van der Waals surface area contributed by atoms with Gasteiger partial charge in [-0.25, -0.2) is 8.42 Å². The second kappa shape index (κ2) is 5.74. The molecule has 106 valence electrons. The SMILES string of the molecule is CS(=O)(=O)c1ccc(-c2ccc(Cl)cc2Cl)c(Cl)c1Cl. The Kier molecular flexibility index (Phi) is 4.57. The van der Waals surface area contributed by atoms with E-state index in [0.717, 1.165) is 6.26 Å². The molecular formula is C13H8Cl4O2S. The molecule has 2 aromatic carbocycles. The Morgan fingerprint density at radius 3 is 2.00 bits per heavy atom. The summed E-state index contributed by atoms with van der Waals surface area (Å²) in [6.07, 6.45) is 1.07. The lowest BCUT2D eigenvalue weighted by Crippen LogP contribution is -1.99. The van der Waals surface area contributed by atoms with Crippen LogP contribution in [-0.2, 0) is 9.84 Å². The average Bonchev–Trinajstić information content (AvgIpc) is 2.32. The minimum atomic E-state index is -3.44. The van der Waals surface area contributed by atoms with Crippen molar-refractivity contribution in [1.29, 1.82) is 0 Å². The van der Waals surface area contributed by atoms with Crippen molar-refractivity contribution in [2.45, 2.75) is 4.90 Å². The second-order valence-electron chi connectivity index (χ2n) is 4.14. The molecule has 0 unspecified atom stereocenters. The Balaban J connectivity index is 2.69. The van der Waals surface area contributed by atoms with Gasteiger partial charge in [0.2, 0.25) is 0 Å². The highest BCUT2D eigenvalue weighted by atomic mass is 35.5. The van der Waals surface area contributed by atoms with Crippen molar-refractivity contribution < 1.29 is 8.42 Å². The van der Waals surface area contributed by atoms with Gasteiger partial charge in [0.1, 0.15) is 0 Å². The van der Waals surface area contributed by atoms with E-state index in [9.17, 15) is 8.42 Å². The molecule has 0 aliphatic carbocycles. The van der Waals surface area contributed by atoms with E-state index in [2.05, 4.69) is 0 Å². The van der Waals surface area contributed by atoms with Crippen LogP contribution in [0.1, 0.15) is 0 Å². The van der Waals surface area contributed by atoms with Crippen LogP contribution < -0.4 is 0 Å². The van der Waals surface area contributed by atoms with Crippen LogP contribution in [0, 0.1) is 0 Å². The molecule has 0 atom stereocenters. The predicted octanol–water partition coefficient (Wildman–Crippen LogP) is 5.37. The van der Waals surface area contributed by atoms with E-state index in [-0.39, 0.29) is 14.9 Å². The first kappa shape index (κ1) is 15.9. The first-order valence-corrected chi connectivity index (χ1v) is 8.75. The van der Waals surface area contributed by atoms with Crippen molar-refractivity contribution in [3.63, 3.8) is 0 Å². The van der Waals surface area contributed by atoms with Gasteiger partial charge >= 0.3 is 0 Å². The van der Waals surface area contributed by atoms with E-state index in [1.807, 2.05) is 0 Å². The fourth-order valence-electron chi connectivity index (χ4n) is 1.73. The van der Waals surface area contributed by atoms with E-state index in [1.54, 1.807) is 24.3 Å². The minimum absolute atomic E-state index is 0.0157. The average molecular weight is 370 g/mol. The van der Waals surface area contributed by atoms with Crippen LogP contribution in [0.4, 0.5) is 0 Å². The molecule has 0 amide bonds. The first-order valence-electron chi connectivity index (χ1n) is 5.35. The van der Waals surface area contributed by atoms with E-state index in [1.165, 1.54) is 6.07 Å². The van der Waals surface area contributed by atoms with Crippen LogP contribution in [0.5, 0.6) is 0 Å². The maximum Gasteiger partial charge on any atom is 0.177 e. The van der Waals surface area contributed by atoms with Gasteiger partial charge in [-0.1, -0.05) is 58.5 Å². The highest BCUT2D eigenvalue weighted by Crippen LogP contribution is 2.40. The third-order valence-corrected chi connectivity index (χ3v) is 5.35. The van der Waals surface area contributed by atoms with Crippen LogP contribution in [0.3, 0.4) is 0 Å². The molecule has 20 heavy (non-hydrogen) atoms. The highest BCUT2D eigenvalue weighted by Gasteiger charge is 2.19. The number of rotatable bonds is 2. The standard InChI is InChI=1S/C13H8Cl4O2S/c1-20(18,19)11-5-4-9(12(16)13(11)17)8-3-2-7(14)6-10(8)15/h2-6H,1H3. The molecule has 0 aliphatic rings. The van der Waals surface area contributed by atoms with E-state index >= 15 is 0 Å². The predicted molar refractivity (Wildman–Crippen MR) is 85.0 cm³/mol. The summed E-state index contributed by atoms with van der Waals surface area (Å²) in [6, 6.07) is 7.91. The fraction of sp³-hybridized carbons (Fsp3) is 0.0769. The van der Waals surface area contributed by atoms with E-state index in [0.29, 0.717) is 21.2 Å². The van der Waals surface area contributed by atoms with Gasteiger partial charge in [-0.2, -0.15) is 0 Å². The molecule has 2 aromatic rings. The van der Waals surface area contributed by atoms with Gasteiger partial charge in [0.15, 0.2) is 9.84 Å². The lowest BCUT2D eigenvalue weighted by atomic mass is 10.1. The zero-order valence-electron chi connectivity index (χ0n) is 10.1. The molecule has 7 heteroatoms. The fourth-order valence-corrected chi connectivity index (χ4v) is 3.90. The molecule has 2 nitrogen and oxygen atoms in total. The summed E-state index contributed by atoms with van der Waals surface area (Å²) in [6.45, 7) is 0. The van der Waals surface area contributed by atoms with Crippen molar-refractivity contribution in [2.24, 2.45) is 0 Å². The maximum absolute atomic E-state index is 11.6. The summed E-state index contributed by atoms with van der Waals surface area (Å²) in [4.78, 5) is -0.0157. The quantitative estimate of drug-likeness (QED) is 0.712. The lowest BCUT2D eigenvalue weighted by Gasteiger charge is -2.11. The number of halogens is 4. The van der Waals surface area contributed by atoms with Gasteiger partial charge in [0, 0.05) is 27.4 Å². The number of sulfone groups is 1. The van der Waals surface area contributed by atoms with E-state index in [4.69, 9.17) is 46.4 Å². The largest absolute Gasteiger partial charge is 0.224 e. The van der Waals surface area contributed by atoms with E-state index < -0.39 is 9.84 Å². The minimum Gasteiger partial charge on any atom is -0.224 e. The van der Waals surface area contributed by atoms with Gasteiger partial charge in [0.25, 0.3) is 0 Å². The Bertz CT molecular complexity index is 785. The molecule has 2 rings (SSSR count). The van der Waals surface area contributed by atoms with Gasteiger partial charge in [-0.15, -0.1) is 0 Å². The molecule has 0 saturated carbocycles. The second-order valence-corrected chi connectivity index (χ2v) is 7.72. The molecule has 0 heterocycles. The number of benzene rings is 2. The summed E-state index contributed by atoms with van der Waals surface area (Å²) in [7, 11) is -3.44. The Morgan fingerprint density at radius 1 is 0.850 bits per heavy atom. The highest BCUT2D eigenvalue weighted by molar-refractivity contribution is 7.90. The number of hydrogen-bond acceptors (Lipinski definition) is 2. The van der Waals surface area contributed by atoms with Crippen molar-refractivity contribution in [3.05, 3.63) is 50.4 Å². The third-order valence-electron chi connectivity index (χ3n) is 2.67.